The third kappa shape index (κ3) is 3.54. The summed E-state index contributed by atoms with van der Waals surface area (Å²) in [7, 11) is 0. The molecule has 0 aliphatic carbocycles. The fourth-order valence-electron chi connectivity index (χ4n) is 1.43. The smallest absolute Gasteiger partial charge is 0.222 e. The molecular weight excluding hydrogens is 220 g/mol. The van der Waals surface area contributed by atoms with E-state index in [9.17, 15) is 4.79 Å². The van der Waals surface area contributed by atoms with Gasteiger partial charge in [-0.25, -0.2) is 0 Å². The first-order valence-corrected chi connectivity index (χ1v) is 4.32. The molecule has 1 aliphatic heterocycles. The molecule has 0 aromatic carbocycles. The Balaban J connectivity index is 0.00000121. The number of amides is 1. The fraction of sp³-hybridized carbons (Fsp3) is 0.875. The molecule has 1 rings (SSSR count). The second-order valence-electron chi connectivity index (χ2n) is 2.98. The number of hydrogen-bond acceptors (Lipinski definition) is 2. The van der Waals surface area contributed by atoms with Gasteiger partial charge in [0.25, 0.3) is 0 Å². The van der Waals surface area contributed by atoms with Crippen molar-refractivity contribution in [2.45, 2.75) is 25.7 Å². The molecule has 0 spiro atoms. The maximum absolute atomic E-state index is 11.3. The van der Waals surface area contributed by atoms with Crippen LogP contribution in [-0.2, 0) is 4.79 Å². The predicted octanol–water partition coefficient (Wildman–Crippen LogP) is 0.926. The molecule has 2 N–H and O–H groups in total. The molecule has 1 aliphatic rings. The van der Waals surface area contributed by atoms with Gasteiger partial charge in [0, 0.05) is 26.1 Å². The molecule has 0 bridgehead atoms. The molecule has 0 radical (unpaired) electrons. The van der Waals surface area contributed by atoms with Gasteiger partial charge in [0.1, 0.15) is 0 Å². The number of halogens is 1. The Bertz CT molecular complexity index is 141. The summed E-state index contributed by atoms with van der Waals surface area (Å²) in [5.74, 6) is 0.285. The first kappa shape index (κ1) is 11.9. The number of carbonyl (C=O) groups is 1. The minimum Gasteiger partial charge on any atom is -0.341 e. The van der Waals surface area contributed by atoms with Crippen molar-refractivity contribution in [2.75, 3.05) is 19.6 Å². The Labute approximate surface area is 84.1 Å². The van der Waals surface area contributed by atoms with Crippen LogP contribution in [0.5, 0.6) is 0 Å². The molecule has 0 aromatic rings. The third-order valence-electron chi connectivity index (χ3n) is 2.07. The molecule has 0 unspecified atom stereocenters. The van der Waals surface area contributed by atoms with E-state index in [1.165, 1.54) is 6.42 Å². The van der Waals surface area contributed by atoms with Gasteiger partial charge in [0.2, 0.25) is 5.91 Å². The first-order valence-electron chi connectivity index (χ1n) is 4.32. The van der Waals surface area contributed by atoms with Crippen LogP contribution in [0, 0.1) is 0 Å². The van der Waals surface area contributed by atoms with Crippen LogP contribution < -0.4 is 5.73 Å². The second-order valence-corrected chi connectivity index (χ2v) is 2.98. The van der Waals surface area contributed by atoms with E-state index in [1.54, 1.807) is 0 Å². The monoisotopic (exact) mass is 236 g/mol. The molecular formula is C8H17BrN2O. The lowest BCUT2D eigenvalue weighted by Crippen LogP contribution is -2.34. The van der Waals surface area contributed by atoms with Gasteiger partial charge in [0.15, 0.2) is 0 Å². The van der Waals surface area contributed by atoms with Crippen LogP contribution in [0.2, 0.25) is 0 Å². The molecule has 12 heavy (non-hydrogen) atoms. The van der Waals surface area contributed by atoms with Crippen LogP contribution in [0.25, 0.3) is 0 Å². The first-order chi connectivity index (χ1) is 5.34. The number of nitrogens with two attached hydrogens (primary N) is 1. The quantitative estimate of drug-likeness (QED) is 0.776. The molecule has 72 valence electrons. The van der Waals surface area contributed by atoms with E-state index < -0.39 is 0 Å². The average Bonchev–Trinajstić information content (AvgIpc) is 2.18. The van der Waals surface area contributed by atoms with Crippen LogP contribution >= 0.6 is 17.0 Å². The Morgan fingerprint density at radius 2 is 2.08 bits per heavy atom. The highest BCUT2D eigenvalue weighted by Crippen LogP contribution is 2.09. The molecule has 0 atom stereocenters. The summed E-state index contributed by atoms with van der Waals surface area (Å²) < 4.78 is 0. The maximum Gasteiger partial charge on any atom is 0.222 e. The lowest BCUT2D eigenvalue weighted by Gasteiger charge is -2.18. The predicted molar refractivity (Wildman–Crippen MR) is 54.4 cm³/mol. The van der Waals surface area contributed by atoms with E-state index in [-0.39, 0.29) is 22.9 Å². The van der Waals surface area contributed by atoms with E-state index >= 15 is 0 Å². The molecule has 1 fully saturated rings. The summed E-state index contributed by atoms with van der Waals surface area (Å²) in [5.41, 5.74) is 5.38. The van der Waals surface area contributed by atoms with Crippen molar-refractivity contribution in [3.63, 3.8) is 0 Å². The van der Waals surface area contributed by atoms with Crippen LogP contribution in [0.15, 0.2) is 0 Å². The summed E-state index contributed by atoms with van der Waals surface area (Å²) in [6, 6.07) is 0. The standard InChI is InChI=1S/C8H16N2O.BrH/c9-5-7-10-6-3-1-2-4-8(10)11;/h1-7,9H2;1H. The zero-order chi connectivity index (χ0) is 8.10. The molecule has 1 saturated heterocycles. The van der Waals surface area contributed by atoms with Crippen LogP contribution in [0.3, 0.4) is 0 Å². The highest BCUT2D eigenvalue weighted by Gasteiger charge is 2.14. The highest BCUT2D eigenvalue weighted by molar-refractivity contribution is 8.93. The minimum atomic E-state index is 0. The molecule has 0 aromatic heterocycles. The van der Waals surface area contributed by atoms with Gasteiger partial charge in [-0.15, -0.1) is 17.0 Å². The summed E-state index contributed by atoms with van der Waals surface area (Å²) >= 11 is 0. The van der Waals surface area contributed by atoms with Gasteiger partial charge in [0.05, 0.1) is 0 Å². The minimum absolute atomic E-state index is 0. The Hall–Kier alpha value is -0.0900. The van der Waals surface area contributed by atoms with Crippen molar-refractivity contribution < 1.29 is 4.79 Å². The van der Waals surface area contributed by atoms with Crippen molar-refractivity contribution >= 4 is 22.9 Å². The molecule has 1 heterocycles. The fourth-order valence-corrected chi connectivity index (χ4v) is 1.43. The van der Waals surface area contributed by atoms with E-state index in [1.807, 2.05) is 4.90 Å². The summed E-state index contributed by atoms with van der Waals surface area (Å²) in [4.78, 5) is 13.2. The lowest BCUT2D eigenvalue weighted by atomic mass is 10.2. The largest absolute Gasteiger partial charge is 0.341 e. The van der Waals surface area contributed by atoms with Gasteiger partial charge >= 0.3 is 0 Å². The van der Waals surface area contributed by atoms with Gasteiger partial charge in [-0.05, 0) is 12.8 Å². The number of rotatable bonds is 2. The number of hydrogen-bond donors (Lipinski definition) is 1. The van der Waals surface area contributed by atoms with Crippen molar-refractivity contribution in [3.05, 3.63) is 0 Å². The van der Waals surface area contributed by atoms with Crippen molar-refractivity contribution in [1.82, 2.24) is 4.90 Å². The Morgan fingerprint density at radius 3 is 2.75 bits per heavy atom. The zero-order valence-electron chi connectivity index (χ0n) is 7.29. The number of likely N-dealkylation sites (tertiary alicyclic amines) is 1. The summed E-state index contributed by atoms with van der Waals surface area (Å²) in [5, 5.41) is 0. The third-order valence-corrected chi connectivity index (χ3v) is 2.07. The van der Waals surface area contributed by atoms with E-state index in [4.69, 9.17) is 5.73 Å². The Morgan fingerprint density at radius 1 is 1.33 bits per heavy atom. The van der Waals surface area contributed by atoms with Crippen molar-refractivity contribution in [3.8, 4) is 0 Å². The van der Waals surface area contributed by atoms with Crippen molar-refractivity contribution in [1.29, 1.82) is 0 Å². The zero-order valence-corrected chi connectivity index (χ0v) is 9.00. The van der Waals surface area contributed by atoms with Gasteiger partial charge in [-0.3, -0.25) is 4.79 Å². The SMILES string of the molecule is Br.NCCN1CCCCCC1=O. The van der Waals surface area contributed by atoms with Crippen LogP contribution in [0.4, 0.5) is 0 Å². The highest BCUT2D eigenvalue weighted by atomic mass is 79.9. The summed E-state index contributed by atoms with van der Waals surface area (Å²) in [6.45, 7) is 2.24. The summed E-state index contributed by atoms with van der Waals surface area (Å²) in [6.07, 6.45) is 4.11. The van der Waals surface area contributed by atoms with E-state index in [0.29, 0.717) is 6.54 Å². The van der Waals surface area contributed by atoms with Gasteiger partial charge in [-0.2, -0.15) is 0 Å². The molecule has 4 heteroatoms. The Kier molecular flexibility index (Phi) is 6.38. The second kappa shape index (κ2) is 6.43. The molecule has 1 amide bonds. The maximum atomic E-state index is 11.3. The lowest BCUT2D eigenvalue weighted by molar-refractivity contribution is -0.130. The normalized spacial score (nSPS) is 18.4. The molecule has 0 saturated carbocycles. The number of carbonyl (C=O) groups excluding carboxylic acids is 1. The van der Waals surface area contributed by atoms with Crippen LogP contribution in [-0.4, -0.2) is 30.4 Å². The van der Waals surface area contributed by atoms with Crippen LogP contribution in [0.1, 0.15) is 25.7 Å². The van der Waals surface area contributed by atoms with Crippen molar-refractivity contribution in [2.24, 2.45) is 5.73 Å². The average molecular weight is 237 g/mol. The van der Waals surface area contributed by atoms with E-state index in [2.05, 4.69) is 0 Å². The number of nitrogens with zero attached hydrogens (tertiary/aromatic N) is 1. The topological polar surface area (TPSA) is 46.3 Å². The van der Waals surface area contributed by atoms with Gasteiger partial charge in [-0.1, -0.05) is 6.42 Å². The van der Waals surface area contributed by atoms with Gasteiger partial charge < -0.3 is 10.6 Å². The molecule has 3 nitrogen and oxygen atoms in total. The van der Waals surface area contributed by atoms with E-state index in [0.717, 1.165) is 32.4 Å².